The molecule has 3 heteroatoms. The van der Waals surface area contributed by atoms with Gasteiger partial charge in [0.05, 0.1) is 18.0 Å². The van der Waals surface area contributed by atoms with Crippen molar-refractivity contribution in [2.24, 2.45) is 7.05 Å². The second-order valence-corrected chi connectivity index (χ2v) is 4.26. The van der Waals surface area contributed by atoms with Gasteiger partial charge in [-0.05, 0) is 18.2 Å². The predicted octanol–water partition coefficient (Wildman–Crippen LogP) is 2.70. The molecule has 3 nitrogen and oxygen atoms in total. The number of hydrogen-bond donors (Lipinski definition) is 0. The number of para-hydroxylation sites is 1. The summed E-state index contributed by atoms with van der Waals surface area (Å²) in [6, 6.07) is 13.4. The van der Waals surface area contributed by atoms with Crippen LogP contribution in [0.3, 0.4) is 0 Å². The van der Waals surface area contributed by atoms with Gasteiger partial charge in [-0.25, -0.2) is 0 Å². The minimum Gasteiger partial charge on any atom is -0.496 e. The van der Waals surface area contributed by atoms with Crippen LogP contribution >= 0.6 is 0 Å². The van der Waals surface area contributed by atoms with Gasteiger partial charge in [-0.1, -0.05) is 24.3 Å². The molecule has 0 fully saturated rings. The topological polar surface area (TPSA) is 31.2 Å². The van der Waals surface area contributed by atoms with Crippen molar-refractivity contribution in [3.05, 3.63) is 52.8 Å². The van der Waals surface area contributed by atoms with Crippen LogP contribution in [0.25, 0.3) is 21.7 Å². The van der Waals surface area contributed by atoms with Crippen LogP contribution in [-0.2, 0) is 7.05 Å². The molecule has 0 N–H and O–H groups in total. The van der Waals surface area contributed by atoms with Crippen LogP contribution in [0.15, 0.2) is 47.3 Å². The summed E-state index contributed by atoms with van der Waals surface area (Å²) in [7, 11) is 3.42. The number of fused-ring (bicyclic) bond motifs is 3. The van der Waals surface area contributed by atoms with Gasteiger partial charge in [-0.15, -0.1) is 0 Å². The van der Waals surface area contributed by atoms with E-state index in [2.05, 4.69) is 0 Å². The third-order valence-electron chi connectivity index (χ3n) is 3.32. The fraction of sp³-hybridized carbons (Fsp3) is 0.133. The first-order valence-electron chi connectivity index (χ1n) is 5.78. The van der Waals surface area contributed by atoms with Crippen LogP contribution in [0, 0.1) is 0 Å². The Morgan fingerprint density at radius 3 is 2.50 bits per heavy atom. The van der Waals surface area contributed by atoms with E-state index in [4.69, 9.17) is 4.74 Å². The molecule has 0 spiro atoms. The lowest BCUT2D eigenvalue weighted by molar-refractivity contribution is 0.420. The Morgan fingerprint density at radius 2 is 1.72 bits per heavy atom. The average Bonchev–Trinajstić information content (AvgIpc) is 2.44. The average molecular weight is 239 g/mol. The summed E-state index contributed by atoms with van der Waals surface area (Å²) < 4.78 is 7.06. The second-order valence-electron chi connectivity index (χ2n) is 4.26. The Hall–Kier alpha value is -2.29. The first-order valence-corrected chi connectivity index (χ1v) is 5.78. The van der Waals surface area contributed by atoms with Crippen LogP contribution in [0.5, 0.6) is 5.75 Å². The maximum atomic E-state index is 12.3. The molecule has 0 saturated heterocycles. The van der Waals surface area contributed by atoms with Crippen molar-refractivity contribution < 1.29 is 4.74 Å². The van der Waals surface area contributed by atoms with Gasteiger partial charge in [0.25, 0.3) is 5.56 Å². The van der Waals surface area contributed by atoms with Gasteiger partial charge in [0, 0.05) is 17.8 Å². The molecule has 0 bridgehead atoms. The first-order chi connectivity index (χ1) is 8.74. The van der Waals surface area contributed by atoms with E-state index in [0.717, 1.165) is 22.0 Å². The largest absolute Gasteiger partial charge is 0.496 e. The summed E-state index contributed by atoms with van der Waals surface area (Å²) >= 11 is 0. The quantitative estimate of drug-likeness (QED) is 0.611. The molecule has 0 atom stereocenters. The van der Waals surface area contributed by atoms with Crippen LogP contribution in [-0.4, -0.2) is 11.7 Å². The van der Waals surface area contributed by atoms with Gasteiger partial charge in [0.1, 0.15) is 5.75 Å². The number of aromatic nitrogens is 1. The van der Waals surface area contributed by atoms with Crippen molar-refractivity contribution in [2.45, 2.75) is 0 Å². The van der Waals surface area contributed by atoms with Crippen molar-refractivity contribution in [3.63, 3.8) is 0 Å². The van der Waals surface area contributed by atoms with Crippen LogP contribution < -0.4 is 10.3 Å². The Kier molecular flexibility index (Phi) is 2.33. The van der Waals surface area contributed by atoms with Gasteiger partial charge < -0.3 is 9.30 Å². The molecule has 0 saturated carbocycles. The molecule has 0 unspecified atom stereocenters. The zero-order valence-corrected chi connectivity index (χ0v) is 10.3. The van der Waals surface area contributed by atoms with E-state index in [-0.39, 0.29) is 5.56 Å². The second kappa shape index (κ2) is 3.88. The monoisotopic (exact) mass is 239 g/mol. The molecule has 3 aromatic rings. The Labute approximate surface area is 104 Å². The van der Waals surface area contributed by atoms with E-state index >= 15 is 0 Å². The third-order valence-corrected chi connectivity index (χ3v) is 3.32. The zero-order valence-electron chi connectivity index (χ0n) is 10.3. The molecular formula is C15H13NO2. The molecule has 1 heterocycles. The lowest BCUT2D eigenvalue weighted by Gasteiger charge is -2.11. The van der Waals surface area contributed by atoms with E-state index < -0.39 is 0 Å². The molecule has 0 radical (unpaired) electrons. The molecule has 0 aliphatic carbocycles. The molecule has 0 aliphatic rings. The normalized spacial score (nSPS) is 11.0. The molecule has 0 amide bonds. The van der Waals surface area contributed by atoms with E-state index in [0.29, 0.717) is 5.39 Å². The Morgan fingerprint density at radius 1 is 1.00 bits per heavy atom. The highest BCUT2D eigenvalue weighted by Crippen LogP contribution is 2.30. The fourth-order valence-corrected chi connectivity index (χ4v) is 2.42. The minimum atomic E-state index is 0.00241. The van der Waals surface area contributed by atoms with E-state index in [9.17, 15) is 4.79 Å². The maximum Gasteiger partial charge on any atom is 0.258 e. The maximum absolute atomic E-state index is 12.3. The number of pyridine rings is 1. The highest BCUT2D eigenvalue weighted by molar-refractivity contribution is 6.08. The highest BCUT2D eigenvalue weighted by atomic mass is 16.5. The summed E-state index contributed by atoms with van der Waals surface area (Å²) in [4.78, 5) is 12.3. The third kappa shape index (κ3) is 1.34. The van der Waals surface area contributed by atoms with Crippen molar-refractivity contribution in [3.8, 4) is 5.75 Å². The minimum absolute atomic E-state index is 0.00241. The standard InChI is InChI=1S/C15H13NO2/c1-16-12-8-4-3-6-10(12)14-11(15(16)17)7-5-9-13(14)18-2/h3-9H,1-2H3. The SMILES string of the molecule is COc1cccc2c(=O)n(C)c3ccccc3c12. The fourth-order valence-electron chi connectivity index (χ4n) is 2.42. The van der Waals surface area contributed by atoms with E-state index in [1.54, 1.807) is 18.7 Å². The molecular weight excluding hydrogens is 226 g/mol. The zero-order chi connectivity index (χ0) is 12.7. The molecule has 18 heavy (non-hydrogen) atoms. The number of benzene rings is 2. The Balaban J connectivity index is 2.71. The highest BCUT2D eigenvalue weighted by Gasteiger charge is 2.11. The molecule has 90 valence electrons. The van der Waals surface area contributed by atoms with Gasteiger partial charge in [-0.3, -0.25) is 4.79 Å². The summed E-state index contributed by atoms with van der Waals surface area (Å²) in [5.41, 5.74) is 0.919. The van der Waals surface area contributed by atoms with Crippen LogP contribution in [0.4, 0.5) is 0 Å². The Bertz CT molecular complexity index is 803. The smallest absolute Gasteiger partial charge is 0.258 e. The summed E-state index contributed by atoms with van der Waals surface area (Å²) in [6.45, 7) is 0. The number of hydrogen-bond acceptors (Lipinski definition) is 2. The van der Waals surface area contributed by atoms with Gasteiger partial charge in [0.15, 0.2) is 0 Å². The van der Waals surface area contributed by atoms with Crippen molar-refractivity contribution in [1.29, 1.82) is 0 Å². The summed E-state index contributed by atoms with van der Waals surface area (Å²) in [5, 5.41) is 2.61. The number of rotatable bonds is 1. The number of aryl methyl sites for hydroxylation is 1. The van der Waals surface area contributed by atoms with E-state index in [1.807, 2.05) is 42.5 Å². The lowest BCUT2D eigenvalue weighted by atomic mass is 10.1. The van der Waals surface area contributed by atoms with Gasteiger partial charge in [-0.2, -0.15) is 0 Å². The number of nitrogens with zero attached hydrogens (tertiary/aromatic N) is 1. The first kappa shape index (κ1) is 10.8. The lowest BCUT2D eigenvalue weighted by Crippen LogP contribution is -2.17. The number of ether oxygens (including phenoxy) is 1. The van der Waals surface area contributed by atoms with Crippen molar-refractivity contribution >= 4 is 21.7 Å². The summed E-state index contributed by atoms with van der Waals surface area (Å²) in [6.07, 6.45) is 0. The molecule has 0 aliphatic heterocycles. The molecule has 2 aromatic carbocycles. The number of methoxy groups -OCH3 is 1. The van der Waals surface area contributed by atoms with Crippen molar-refractivity contribution in [1.82, 2.24) is 4.57 Å². The molecule has 3 rings (SSSR count). The van der Waals surface area contributed by atoms with Crippen LogP contribution in [0.1, 0.15) is 0 Å². The van der Waals surface area contributed by atoms with Gasteiger partial charge in [0.2, 0.25) is 0 Å². The van der Waals surface area contributed by atoms with E-state index in [1.165, 1.54) is 0 Å². The van der Waals surface area contributed by atoms with Gasteiger partial charge >= 0.3 is 0 Å². The molecule has 1 aromatic heterocycles. The predicted molar refractivity (Wildman–Crippen MR) is 73.2 cm³/mol. The van der Waals surface area contributed by atoms with Crippen molar-refractivity contribution in [2.75, 3.05) is 7.11 Å². The summed E-state index contributed by atoms with van der Waals surface area (Å²) in [5.74, 6) is 0.737. The van der Waals surface area contributed by atoms with Crippen LogP contribution in [0.2, 0.25) is 0 Å².